The SMILES string of the molecule is COc1ccc(CN(C(=O)Nc2ccc(Cl)c(Cl)c2)C(C)C)cc1OS(C)(=O)=O. The first-order valence-corrected chi connectivity index (χ1v) is 11.2. The number of ether oxygens (including phenoxy) is 1. The number of methoxy groups -OCH3 is 1. The van der Waals surface area contributed by atoms with Gasteiger partial charge >= 0.3 is 16.1 Å². The van der Waals surface area contributed by atoms with Crippen LogP contribution in [0.15, 0.2) is 36.4 Å². The third-order valence-corrected chi connectivity index (χ3v) is 5.10. The summed E-state index contributed by atoms with van der Waals surface area (Å²) in [5.41, 5.74) is 1.17. The van der Waals surface area contributed by atoms with Gasteiger partial charge in [-0.3, -0.25) is 0 Å². The van der Waals surface area contributed by atoms with Crippen LogP contribution < -0.4 is 14.2 Å². The molecule has 0 saturated heterocycles. The van der Waals surface area contributed by atoms with Crippen LogP contribution in [0.5, 0.6) is 11.5 Å². The van der Waals surface area contributed by atoms with E-state index in [9.17, 15) is 13.2 Å². The molecule has 0 atom stereocenters. The van der Waals surface area contributed by atoms with Crippen LogP contribution in [-0.2, 0) is 16.7 Å². The van der Waals surface area contributed by atoms with Crippen LogP contribution in [0, 0.1) is 0 Å². The summed E-state index contributed by atoms with van der Waals surface area (Å²) in [6.07, 6.45) is 0.949. The molecule has 0 unspecified atom stereocenters. The number of halogens is 2. The molecule has 2 aromatic rings. The molecule has 0 bridgehead atoms. The molecular formula is C19H22Cl2N2O5S. The fourth-order valence-corrected chi connectivity index (χ4v) is 3.26. The Morgan fingerprint density at radius 3 is 2.34 bits per heavy atom. The van der Waals surface area contributed by atoms with Crippen LogP contribution >= 0.6 is 23.2 Å². The molecule has 29 heavy (non-hydrogen) atoms. The molecule has 0 aliphatic heterocycles. The monoisotopic (exact) mass is 460 g/mol. The van der Waals surface area contributed by atoms with Crippen LogP contribution in [0.4, 0.5) is 10.5 Å². The van der Waals surface area contributed by atoms with Crippen molar-refractivity contribution in [3.8, 4) is 11.5 Å². The van der Waals surface area contributed by atoms with Crippen LogP contribution in [0.25, 0.3) is 0 Å². The minimum atomic E-state index is -3.73. The number of carbonyl (C=O) groups is 1. The number of hydrogen-bond donors (Lipinski definition) is 1. The van der Waals surface area contributed by atoms with Gasteiger partial charge in [0.1, 0.15) is 0 Å². The summed E-state index contributed by atoms with van der Waals surface area (Å²) in [5.74, 6) is 0.330. The molecule has 2 aromatic carbocycles. The minimum absolute atomic E-state index is 0.0566. The first-order valence-electron chi connectivity index (χ1n) is 8.59. The molecule has 10 heteroatoms. The Hall–Kier alpha value is -2.16. The molecule has 0 saturated carbocycles. The minimum Gasteiger partial charge on any atom is -0.493 e. The summed E-state index contributed by atoms with van der Waals surface area (Å²) in [6, 6.07) is 9.17. The summed E-state index contributed by atoms with van der Waals surface area (Å²) in [7, 11) is -2.32. The van der Waals surface area contributed by atoms with Crippen molar-refractivity contribution in [3.63, 3.8) is 0 Å². The van der Waals surface area contributed by atoms with E-state index in [1.54, 1.807) is 35.2 Å². The van der Waals surface area contributed by atoms with Gasteiger partial charge in [-0.25, -0.2) is 4.79 Å². The second-order valence-electron chi connectivity index (χ2n) is 6.55. The fourth-order valence-electron chi connectivity index (χ4n) is 2.50. The highest BCUT2D eigenvalue weighted by Crippen LogP contribution is 2.30. The van der Waals surface area contributed by atoms with E-state index < -0.39 is 10.1 Å². The molecule has 2 amide bonds. The van der Waals surface area contributed by atoms with Gasteiger partial charge in [-0.15, -0.1) is 0 Å². The molecule has 0 heterocycles. The summed E-state index contributed by atoms with van der Waals surface area (Å²) in [4.78, 5) is 14.4. The number of benzene rings is 2. The molecule has 0 fully saturated rings. The molecule has 0 aromatic heterocycles. The highest BCUT2D eigenvalue weighted by molar-refractivity contribution is 7.86. The van der Waals surface area contributed by atoms with Crippen LogP contribution in [0.2, 0.25) is 10.0 Å². The van der Waals surface area contributed by atoms with E-state index >= 15 is 0 Å². The average molecular weight is 461 g/mol. The Labute approximate surface area is 180 Å². The standard InChI is InChI=1S/C19H22Cl2N2O5S/c1-12(2)23(19(24)22-14-6-7-15(20)16(21)10-14)11-13-5-8-17(27-3)18(9-13)28-29(4,25)26/h5-10,12H,11H2,1-4H3,(H,22,24). The van der Waals surface area contributed by atoms with Gasteiger partial charge in [-0.2, -0.15) is 8.42 Å². The highest BCUT2D eigenvalue weighted by Gasteiger charge is 2.20. The predicted octanol–water partition coefficient (Wildman–Crippen LogP) is 4.78. The number of hydrogen-bond acceptors (Lipinski definition) is 5. The summed E-state index contributed by atoms with van der Waals surface area (Å²) < 4.78 is 33.1. The Morgan fingerprint density at radius 2 is 1.79 bits per heavy atom. The zero-order chi connectivity index (χ0) is 21.8. The lowest BCUT2D eigenvalue weighted by molar-refractivity contribution is 0.193. The third-order valence-electron chi connectivity index (χ3n) is 3.88. The molecule has 0 aliphatic rings. The number of nitrogens with zero attached hydrogens (tertiary/aromatic N) is 1. The Kier molecular flexibility index (Phi) is 7.62. The lowest BCUT2D eigenvalue weighted by Gasteiger charge is -2.27. The second-order valence-corrected chi connectivity index (χ2v) is 8.94. The van der Waals surface area contributed by atoms with E-state index in [0.717, 1.165) is 6.26 Å². The van der Waals surface area contributed by atoms with E-state index in [1.807, 2.05) is 13.8 Å². The number of anilines is 1. The van der Waals surface area contributed by atoms with Crippen LogP contribution in [0.3, 0.4) is 0 Å². The lowest BCUT2D eigenvalue weighted by atomic mass is 10.1. The van der Waals surface area contributed by atoms with Gasteiger partial charge in [0.15, 0.2) is 11.5 Å². The molecule has 2 rings (SSSR count). The number of carbonyl (C=O) groups excluding carboxylic acids is 1. The zero-order valence-corrected chi connectivity index (χ0v) is 18.7. The lowest BCUT2D eigenvalue weighted by Crippen LogP contribution is -2.39. The van der Waals surface area contributed by atoms with Gasteiger partial charge in [0.05, 0.1) is 23.4 Å². The topological polar surface area (TPSA) is 84.9 Å². The summed E-state index contributed by atoms with van der Waals surface area (Å²) >= 11 is 11.9. The van der Waals surface area contributed by atoms with Gasteiger partial charge in [-0.1, -0.05) is 29.3 Å². The van der Waals surface area contributed by atoms with E-state index in [1.165, 1.54) is 13.2 Å². The van der Waals surface area contributed by atoms with Gasteiger partial charge < -0.3 is 19.1 Å². The fraction of sp³-hybridized carbons (Fsp3) is 0.316. The number of amides is 2. The quantitative estimate of drug-likeness (QED) is 0.600. The van der Waals surface area contributed by atoms with Crippen molar-refractivity contribution < 1.29 is 22.1 Å². The number of rotatable bonds is 7. The maximum atomic E-state index is 12.8. The van der Waals surface area contributed by atoms with Crippen molar-refractivity contribution >= 4 is 45.0 Å². The van der Waals surface area contributed by atoms with Crippen molar-refractivity contribution in [2.45, 2.75) is 26.4 Å². The smallest absolute Gasteiger partial charge is 0.322 e. The van der Waals surface area contributed by atoms with Gasteiger partial charge in [0.25, 0.3) is 0 Å². The molecule has 0 aliphatic carbocycles. The number of urea groups is 1. The van der Waals surface area contributed by atoms with E-state index in [2.05, 4.69) is 5.32 Å². The Balaban J connectivity index is 2.24. The van der Waals surface area contributed by atoms with Gasteiger partial charge in [-0.05, 0) is 49.7 Å². The first kappa shape index (κ1) is 23.1. The molecule has 0 radical (unpaired) electrons. The summed E-state index contributed by atoms with van der Waals surface area (Å²) in [6.45, 7) is 3.95. The van der Waals surface area contributed by atoms with Crippen molar-refractivity contribution in [1.82, 2.24) is 4.90 Å². The molecule has 7 nitrogen and oxygen atoms in total. The van der Waals surface area contributed by atoms with Crippen molar-refractivity contribution in [2.24, 2.45) is 0 Å². The average Bonchev–Trinajstić information content (AvgIpc) is 2.61. The molecule has 0 spiro atoms. The maximum Gasteiger partial charge on any atom is 0.322 e. The Morgan fingerprint density at radius 1 is 1.10 bits per heavy atom. The normalized spacial score (nSPS) is 11.3. The predicted molar refractivity (Wildman–Crippen MR) is 115 cm³/mol. The van der Waals surface area contributed by atoms with E-state index in [-0.39, 0.29) is 30.1 Å². The van der Waals surface area contributed by atoms with Crippen molar-refractivity contribution in [3.05, 3.63) is 52.0 Å². The highest BCUT2D eigenvalue weighted by atomic mass is 35.5. The summed E-state index contributed by atoms with van der Waals surface area (Å²) in [5, 5.41) is 3.50. The third kappa shape index (κ3) is 6.69. The molecular weight excluding hydrogens is 439 g/mol. The maximum absolute atomic E-state index is 12.8. The van der Waals surface area contributed by atoms with E-state index in [4.69, 9.17) is 32.1 Å². The Bertz CT molecular complexity index is 996. The second kappa shape index (κ2) is 9.56. The van der Waals surface area contributed by atoms with Crippen molar-refractivity contribution in [1.29, 1.82) is 0 Å². The first-order chi connectivity index (χ1) is 13.5. The van der Waals surface area contributed by atoms with Gasteiger partial charge in [0.2, 0.25) is 0 Å². The number of nitrogens with one attached hydrogen (secondary N) is 1. The largest absolute Gasteiger partial charge is 0.493 e. The zero-order valence-electron chi connectivity index (χ0n) is 16.4. The van der Waals surface area contributed by atoms with Gasteiger partial charge in [0, 0.05) is 18.3 Å². The van der Waals surface area contributed by atoms with E-state index in [0.29, 0.717) is 21.3 Å². The van der Waals surface area contributed by atoms with Crippen LogP contribution in [0.1, 0.15) is 19.4 Å². The molecule has 1 N–H and O–H groups in total. The molecule has 158 valence electrons. The van der Waals surface area contributed by atoms with Crippen LogP contribution in [-0.4, -0.2) is 38.8 Å². The van der Waals surface area contributed by atoms with Crippen molar-refractivity contribution in [2.75, 3.05) is 18.7 Å².